The van der Waals surface area contributed by atoms with Crippen molar-refractivity contribution in [2.24, 2.45) is 41.4 Å². The lowest BCUT2D eigenvalue weighted by molar-refractivity contribution is -0.139. The number of likely N-dealkylation sites (tertiary alicyclic amines) is 2. The first kappa shape index (κ1) is 15.5. The molecule has 26 heavy (non-hydrogen) atoms. The molecule has 6 nitrogen and oxygen atoms in total. The zero-order chi connectivity index (χ0) is 17.7. The Morgan fingerprint density at radius 2 is 1.69 bits per heavy atom. The first-order chi connectivity index (χ1) is 12.5. The molecule has 0 radical (unpaired) electrons. The lowest BCUT2D eigenvalue weighted by atomic mass is 10.0. The number of carbonyl (C=O) groups excluding carboxylic acids is 3. The number of rotatable bonds is 3. The fraction of sp³-hybridized carbons (Fsp3) is 0.850. The number of nitrogens with zero attached hydrogens (tertiary/aromatic N) is 2. The molecule has 4 saturated carbocycles. The maximum Gasteiger partial charge on any atom is 0.245 e. The van der Waals surface area contributed by atoms with E-state index in [0.29, 0.717) is 48.3 Å². The minimum atomic E-state index is -0.269. The summed E-state index contributed by atoms with van der Waals surface area (Å²) in [5.41, 5.74) is 0. The van der Waals surface area contributed by atoms with Crippen LogP contribution < -0.4 is 5.32 Å². The van der Waals surface area contributed by atoms with Gasteiger partial charge in [-0.25, -0.2) is 0 Å². The van der Waals surface area contributed by atoms with Gasteiger partial charge in [-0.05, 0) is 49.4 Å². The molecule has 0 aromatic carbocycles. The summed E-state index contributed by atoms with van der Waals surface area (Å²) in [6, 6.07) is 0.0165. The highest BCUT2D eigenvalue weighted by Gasteiger charge is 2.68. The predicted molar refractivity (Wildman–Crippen MR) is 92.6 cm³/mol. The van der Waals surface area contributed by atoms with Crippen LogP contribution in [0.5, 0.6) is 0 Å². The summed E-state index contributed by atoms with van der Waals surface area (Å²) in [4.78, 5) is 40.5. The Bertz CT molecular complexity index is 680. The van der Waals surface area contributed by atoms with Crippen LogP contribution in [0.3, 0.4) is 0 Å². The number of hydrogen-bond donors (Lipinski definition) is 1. The van der Waals surface area contributed by atoms with Gasteiger partial charge in [-0.2, -0.15) is 0 Å². The van der Waals surface area contributed by atoms with Crippen molar-refractivity contribution in [2.75, 3.05) is 20.1 Å². The molecule has 1 N–H and O–H groups in total. The monoisotopic (exact) mass is 357 g/mol. The van der Waals surface area contributed by atoms with E-state index >= 15 is 0 Å². The Morgan fingerprint density at radius 1 is 1.04 bits per heavy atom. The smallest absolute Gasteiger partial charge is 0.245 e. The number of hydrogen-bond acceptors (Lipinski definition) is 3. The maximum absolute atomic E-state index is 12.7. The molecule has 3 amide bonds. The van der Waals surface area contributed by atoms with Crippen LogP contribution >= 0.6 is 0 Å². The van der Waals surface area contributed by atoms with E-state index in [1.165, 1.54) is 19.3 Å². The van der Waals surface area contributed by atoms with E-state index in [-0.39, 0.29) is 23.9 Å². The number of carbonyl (C=O) groups is 3. The van der Waals surface area contributed by atoms with Crippen LogP contribution in [0.1, 0.15) is 32.1 Å². The van der Waals surface area contributed by atoms with Gasteiger partial charge in [0.25, 0.3) is 0 Å². The molecule has 0 spiro atoms. The van der Waals surface area contributed by atoms with E-state index in [1.807, 2.05) is 4.90 Å². The molecule has 0 aromatic heterocycles. The average Bonchev–Trinajstić information content (AvgIpc) is 3.15. The molecule has 6 rings (SSSR count). The van der Waals surface area contributed by atoms with Crippen LogP contribution in [0.2, 0.25) is 0 Å². The van der Waals surface area contributed by atoms with E-state index in [1.54, 1.807) is 11.9 Å². The molecule has 6 heteroatoms. The SMILES string of the molecule is CN1C(=O)CC[C@@H]1C(=O)N1C[C@@H]2C(NC(=O)C3[C@@H]4[C@H]5CC[C@H](C5)[C@H]34)[C@@H]2C1. The van der Waals surface area contributed by atoms with Gasteiger partial charge >= 0.3 is 0 Å². The molecule has 2 aliphatic heterocycles. The van der Waals surface area contributed by atoms with Crippen LogP contribution in [-0.4, -0.2) is 59.7 Å². The highest BCUT2D eigenvalue weighted by atomic mass is 16.2. The number of piperidine rings is 1. The van der Waals surface area contributed by atoms with Gasteiger partial charge in [0.05, 0.1) is 0 Å². The summed E-state index contributed by atoms with van der Waals surface area (Å²) in [7, 11) is 1.73. The van der Waals surface area contributed by atoms with Gasteiger partial charge in [0.1, 0.15) is 6.04 Å². The van der Waals surface area contributed by atoms with Gasteiger partial charge in [0.15, 0.2) is 0 Å². The van der Waals surface area contributed by atoms with E-state index < -0.39 is 0 Å². The van der Waals surface area contributed by atoms with Crippen molar-refractivity contribution in [1.29, 1.82) is 0 Å². The molecule has 2 heterocycles. The van der Waals surface area contributed by atoms with Crippen molar-refractivity contribution in [3.8, 4) is 0 Å². The minimum absolute atomic E-state index is 0.0711. The summed E-state index contributed by atoms with van der Waals surface area (Å²) in [6.07, 6.45) is 5.20. The topological polar surface area (TPSA) is 69.7 Å². The Balaban J connectivity index is 1.02. The molecule has 9 atom stereocenters. The van der Waals surface area contributed by atoms with E-state index in [9.17, 15) is 14.4 Å². The summed E-state index contributed by atoms with van der Waals surface area (Å²) in [6.45, 7) is 1.49. The molecular weight excluding hydrogens is 330 g/mol. The quantitative estimate of drug-likeness (QED) is 0.798. The third-order valence-corrected chi connectivity index (χ3v) is 8.63. The molecule has 2 saturated heterocycles. The van der Waals surface area contributed by atoms with E-state index in [0.717, 1.165) is 24.9 Å². The summed E-state index contributed by atoms with van der Waals surface area (Å²) >= 11 is 0. The number of likely N-dealkylation sites (N-methyl/N-ethyl adjacent to an activating group) is 1. The van der Waals surface area contributed by atoms with Crippen molar-refractivity contribution in [1.82, 2.24) is 15.1 Å². The molecule has 2 unspecified atom stereocenters. The van der Waals surface area contributed by atoms with Crippen LogP contribution in [0, 0.1) is 41.4 Å². The Morgan fingerprint density at radius 3 is 2.27 bits per heavy atom. The van der Waals surface area contributed by atoms with Crippen molar-refractivity contribution in [2.45, 2.75) is 44.2 Å². The van der Waals surface area contributed by atoms with Gasteiger partial charge in [-0.1, -0.05) is 0 Å². The fourth-order valence-corrected chi connectivity index (χ4v) is 7.16. The van der Waals surface area contributed by atoms with Gasteiger partial charge < -0.3 is 15.1 Å². The lowest BCUT2D eigenvalue weighted by Gasteiger charge is -2.27. The van der Waals surface area contributed by atoms with E-state index in [2.05, 4.69) is 5.32 Å². The Labute approximate surface area is 153 Å². The average molecular weight is 357 g/mol. The standard InChI is InChI=1S/C20H27N3O3/c1-22-13(4-5-14(22)24)20(26)23-7-11-12(8-23)18(11)21-19(25)17-15-9-2-3-10(6-9)16(15)17/h9-13,15-18H,2-8H2,1H3,(H,21,25)/t9-,10+,11-,12+,13-,15+,16-,17?,18?/m1/s1. The first-order valence-electron chi connectivity index (χ1n) is 10.4. The minimum Gasteiger partial charge on any atom is -0.352 e. The third-order valence-electron chi connectivity index (χ3n) is 8.63. The highest BCUT2D eigenvalue weighted by molar-refractivity contribution is 5.91. The lowest BCUT2D eigenvalue weighted by Crippen LogP contribution is -2.46. The van der Waals surface area contributed by atoms with Gasteiger partial charge in [-0.3, -0.25) is 14.4 Å². The van der Waals surface area contributed by atoms with Crippen molar-refractivity contribution in [3.05, 3.63) is 0 Å². The summed E-state index contributed by atoms with van der Waals surface area (Å²) < 4.78 is 0. The summed E-state index contributed by atoms with van der Waals surface area (Å²) in [5.74, 6) is 4.69. The molecule has 4 aliphatic carbocycles. The molecule has 2 bridgehead atoms. The van der Waals surface area contributed by atoms with Gasteiger partial charge in [0, 0.05) is 50.4 Å². The van der Waals surface area contributed by atoms with Crippen molar-refractivity contribution >= 4 is 17.7 Å². The van der Waals surface area contributed by atoms with Crippen molar-refractivity contribution < 1.29 is 14.4 Å². The van der Waals surface area contributed by atoms with Crippen LogP contribution in [-0.2, 0) is 14.4 Å². The Kier molecular flexibility index (Phi) is 2.98. The molecule has 0 aromatic rings. The number of fused-ring (bicyclic) bond motifs is 6. The van der Waals surface area contributed by atoms with Crippen LogP contribution in [0.15, 0.2) is 0 Å². The first-order valence-corrected chi connectivity index (χ1v) is 10.4. The Hall–Kier alpha value is -1.59. The predicted octanol–water partition coefficient (Wildman–Crippen LogP) is 0.472. The second-order valence-corrected chi connectivity index (χ2v) is 9.68. The maximum atomic E-state index is 12.7. The van der Waals surface area contributed by atoms with Crippen LogP contribution in [0.25, 0.3) is 0 Å². The van der Waals surface area contributed by atoms with E-state index in [4.69, 9.17) is 0 Å². The molecular formula is C20H27N3O3. The third kappa shape index (κ3) is 1.96. The number of amides is 3. The normalized spacial score (nSPS) is 50.0. The van der Waals surface area contributed by atoms with Crippen molar-refractivity contribution in [3.63, 3.8) is 0 Å². The fourth-order valence-electron chi connectivity index (χ4n) is 7.16. The molecule has 6 fully saturated rings. The number of nitrogens with one attached hydrogen (secondary N) is 1. The molecule has 140 valence electrons. The van der Waals surface area contributed by atoms with Gasteiger partial charge in [0.2, 0.25) is 17.7 Å². The largest absolute Gasteiger partial charge is 0.352 e. The second-order valence-electron chi connectivity index (χ2n) is 9.68. The highest BCUT2D eigenvalue weighted by Crippen LogP contribution is 2.69. The van der Waals surface area contributed by atoms with Crippen LogP contribution in [0.4, 0.5) is 0 Å². The summed E-state index contributed by atoms with van der Waals surface area (Å²) in [5, 5.41) is 3.32. The second kappa shape index (κ2) is 5.02. The zero-order valence-corrected chi connectivity index (χ0v) is 15.3. The zero-order valence-electron chi connectivity index (χ0n) is 15.3. The molecule has 6 aliphatic rings. The van der Waals surface area contributed by atoms with Gasteiger partial charge in [-0.15, -0.1) is 0 Å².